The van der Waals surface area contributed by atoms with E-state index in [2.05, 4.69) is 15.5 Å². The standard InChI is InChI=1S/C9H15F3N4O/c10-9(11,12)4-1-2-6-14-8-16-15-7(17-8)3-5-13/h1-6,13H2,(H,14,16). The van der Waals surface area contributed by atoms with Gasteiger partial charge in [-0.1, -0.05) is 5.10 Å². The smallest absolute Gasteiger partial charge is 0.389 e. The van der Waals surface area contributed by atoms with Crippen molar-refractivity contribution in [1.82, 2.24) is 10.2 Å². The number of unbranched alkanes of at least 4 members (excludes halogenated alkanes) is 1. The predicted octanol–water partition coefficient (Wildman–Crippen LogP) is 1.72. The molecule has 0 saturated carbocycles. The Balaban J connectivity index is 2.13. The molecule has 5 nitrogen and oxygen atoms in total. The minimum atomic E-state index is -4.08. The summed E-state index contributed by atoms with van der Waals surface area (Å²) in [7, 11) is 0. The molecule has 1 heterocycles. The van der Waals surface area contributed by atoms with Gasteiger partial charge in [0.15, 0.2) is 0 Å². The van der Waals surface area contributed by atoms with Crippen LogP contribution in [0, 0.1) is 0 Å². The summed E-state index contributed by atoms with van der Waals surface area (Å²) in [5.74, 6) is 0.422. The molecule has 0 amide bonds. The molecule has 0 bridgehead atoms. The van der Waals surface area contributed by atoms with E-state index in [1.54, 1.807) is 0 Å². The minimum absolute atomic E-state index is 0.0836. The number of rotatable bonds is 7. The second-order valence-corrected chi connectivity index (χ2v) is 3.54. The van der Waals surface area contributed by atoms with Crippen molar-refractivity contribution in [2.24, 2.45) is 5.73 Å². The van der Waals surface area contributed by atoms with Gasteiger partial charge in [-0.2, -0.15) is 13.2 Å². The summed E-state index contributed by atoms with van der Waals surface area (Å²) >= 11 is 0. The van der Waals surface area contributed by atoms with E-state index in [0.29, 0.717) is 31.8 Å². The highest BCUT2D eigenvalue weighted by molar-refractivity contribution is 5.16. The fraction of sp³-hybridized carbons (Fsp3) is 0.778. The number of aromatic nitrogens is 2. The van der Waals surface area contributed by atoms with Gasteiger partial charge in [-0.3, -0.25) is 0 Å². The Morgan fingerprint density at radius 1 is 1.24 bits per heavy atom. The Labute approximate surface area is 96.6 Å². The van der Waals surface area contributed by atoms with Crippen LogP contribution in [-0.2, 0) is 6.42 Å². The molecule has 0 aliphatic carbocycles. The van der Waals surface area contributed by atoms with Crippen molar-refractivity contribution in [2.45, 2.75) is 31.9 Å². The van der Waals surface area contributed by atoms with Crippen molar-refractivity contribution in [3.8, 4) is 0 Å². The van der Waals surface area contributed by atoms with Crippen LogP contribution in [0.3, 0.4) is 0 Å². The summed E-state index contributed by atoms with van der Waals surface area (Å²) in [4.78, 5) is 0. The lowest BCUT2D eigenvalue weighted by Gasteiger charge is -2.05. The third-order valence-electron chi connectivity index (χ3n) is 1.99. The topological polar surface area (TPSA) is 77.0 Å². The molecule has 17 heavy (non-hydrogen) atoms. The van der Waals surface area contributed by atoms with E-state index in [4.69, 9.17) is 10.2 Å². The van der Waals surface area contributed by atoms with Gasteiger partial charge in [0, 0.05) is 25.9 Å². The van der Waals surface area contributed by atoms with Gasteiger partial charge in [0.2, 0.25) is 5.89 Å². The summed E-state index contributed by atoms with van der Waals surface area (Å²) in [6, 6.07) is 0.223. The van der Waals surface area contributed by atoms with E-state index in [0.717, 1.165) is 0 Å². The van der Waals surface area contributed by atoms with E-state index in [1.165, 1.54) is 0 Å². The normalized spacial score (nSPS) is 11.8. The molecule has 0 aliphatic heterocycles. The molecule has 98 valence electrons. The predicted molar refractivity (Wildman–Crippen MR) is 55.5 cm³/mol. The van der Waals surface area contributed by atoms with Crippen LogP contribution in [0.15, 0.2) is 4.42 Å². The van der Waals surface area contributed by atoms with Crippen molar-refractivity contribution in [3.63, 3.8) is 0 Å². The van der Waals surface area contributed by atoms with E-state index in [1.807, 2.05) is 0 Å². The first kappa shape index (κ1) is 13.8. The zero-order chi connectivity index (χ0) is 12.7. The Morgan fingerprint density at radius 3 is 2.65 bits per heavy atom. The summed E-state index contributed by atoms with van der Waals surface area (Å²) in [5.41, 5.74) is 5.30. The second kappa shape index (κ2) is 6.43. The van der Waals surface area contributed by atoms with Crippen molar-refractivity contribution in [2.75, 3.05) is 18.4 Å². The zero-order valence-corrected chi connectivity index (χ0v) is 9.26. The maximum Gasteiger partial charge on any atom is 0.389 e. The third-order valence-corrected chi connectivity index (χ3v) is 1.99. The van der Waals surface area contributed by atoms with Crippen molar-refractivity contribution < 1.29 is 17.6 Å². The molecule has 1 aromatic heterocycles. The van der Waals surface area contributed by atoms with E-state index < -0.39 is 12.6 Å². The number of anilines is 1. The van der Waals surface area contributed by atoms with Gasteiger partial charge in [-0.25, -0.2) is 0 Å². The Morgan fingerprint density at radius 2 is 2.00 bits per heavy atom. The lowest BCUT2D eigenvalue weighted by molar-refractivity contribution is -0.135. The largest absolute Gasteiger partial charge is 0.408 e. The highest BCUT2D eigenvalue weighted by Crippen LogP contribution is 2.22. The number of nitrogens with zero attached hydrogens (tertiary/aromatic N) is 2. The first-order valence-corrected chi connectivity index (χ1v) is 5.34. The molecule has 0 fully saturated rings. The first-order valence-electron chi connectivity index (χ1n) is 5.34. The lowest BCUT2D eigenvalue weighted by Crippen LogP contribution is -2.08. The minimum Gasteiger partial charge on any atom is -0.408 e. The molecule has 0 aromatic carbocycles. The Kier molecular flexibility index (Phi) is 5.20. The SMILES string of the molecule is NCCc1nnc(NCCCCC(F)(F)F)o1. The van der Waals surface area contributed by atoms with E-state index in [9.17, 15) is 13.2 Å². The van der Waals surface area contributed by atoms with Crippen LogP contribution in [-0.4, -0.2) is 29.5 Å². The Bertz CT molecular complexity index is 326. The van der Waals surface area contributed by atoms with Crippen molar-refractivity contribution >= 4 is 6.01 Å². The molecule has 1 rings (SSSR count). The molecular weight excluding hydrogens is 237 g/mol. The molecule has 0 unspecified atom stereocenters. The summed E-state index contributed by atoms with van der Waals surface area (Å²) < 4.78 is 40.6. The molecular formula is C9H15F3N4O. The molecule has 0 atom stereocenters. The van der Waals surface area contributed by atoms with Crippen molar-refractivity contribution in [1.29, 1.82) is 0 Å². The Hall–Kier alpha value is -1.31. The number of hydrogen-bond acceptors (Lipinski definition) is 5. The average molecular weight is 252 g/mol. The molecule has 8 heteroatoms. The van der Waals surface area contributed by atoms with Gasteiger partial charge in [0.25, 0.3) is 0 Å². The van der Waals surface area contributed by atoms with Crippen LogP contribution in [0.5, 0.6) is 0 Å². The molecule has 0 aliphatic rings. The van der Waals surface area contributed by atoms with Gasteiger partial charge in [0.1, 0.15) is 0 Å². The van der Waals surface area contributed by atoms with Crippen LogP contribution < -0.4 is 11.1 Å². The molecule has 3 N–H and O–H groups in total. The maximum atomic E-state index is 11.8. The maximum absolute atomic E-state index is 11.8. The van der Waals surface area contributed by atoms with Gasteiger partial charge >= 0.3 is 12.2 Å². The van der Waals surface area contributed by atoms with Crippen LogP contribution in [0.25, 0.3) is 0 Å². The summed E-state index contributed by atoms with van der Waals surface area (Å²) in [5, 5.41) is 10.1. The highest BCUT2D eigenvalue weighted by atomic mass is 19.4. The zero-order valence-electron chi connectivity index (χ0n) is 9.26. The van der Waals surface area contributed by atoms with Gasteiger partial charge < -0.3 is 15.5 Å². The molecule has 0 saturated heterocycles. The van der Waals surface area contributed by atoms with Gasteiger partial charge in [-0.05, 0) is 12.8 Å². The summed E-state index contributed by atoms with van der Waals surface area (Å²) in [6.07, 6.45) is -3.88. The van der Waals surface area contributed by atoms with Crippen molar-refractivity contribution in [3.05, 3.63) is 5.89 Å². The molecule has 0 spiro atoms. The molecule has 0 radical (unpaired) electrons. The van der Waals surface area contributed by atoms with E-state index in [-0.39, 0.29) is 12.4 Å². The van der Waals surface area contributed by atoms with Crippen LogP contribution in [0.2, 0.25) is 0 Å². The van der Waals surface area contributed by atoms with Crippen LogP contribution >= 0.6 is 0 Å². The number of halogens is 3. The number of hydrogen-bond donors (Lipinski definition) is 2. The fourth-order valence-corrected chi connectivity index (χ4v) is 1.20. The number of nitrogens with one attached hydrogen (secondary N) is 1. The quantitative estimate of drug-likeness (QED) is 0.722. The van der Waals surface area contributed by atoms with Crippen LogP contribution in [0.4, 0.5) is 19.2 Å². The molecule has 1 aromatic rings. The third kappa shape index (κ3) is 6.10. The highest BCUT2D eigenvalue weighted by Gasteiger charge is 2.25. The van der Waals surface area contributed by atoms with Gasteiger partial charge in [0.05, 0.1) is 0 Å². The monoisotopic (exact) mass is 252 g/mol. The second-order valence-electron chi connectivity index (χ2n) is 3.54. The number of alkyl halides is 3. The number of nitrogens with two attached hydrogens (primary N) is 1. The van der Waals surface area contributed by atoms with Crippen LogP contribution in [0.1, 0.15) is 25.2 Å². The summed E-state index contributed by atoms with van der Waals surface area (Å²) in [6.45, 7) is 0.785. The van der Waals surface area contributed by atoms with Gasteiger partial charge in [-0.15, -0.1) is 5.10 Å². The fourth-order valence-electron chi connectivity index (χ4n) is 1.20. The van der Waals surface area contributed by atoms with E-state index >= 15 is 0 Å². The average Bonchev–Trinajstić information content (AvgIpc) is 2.64. The lowest BCUT2D eigenvalue weighted by atomic mass is 10.2. The first-order chi connectivity index (χ1) is 8.01.